The molecule has 3 atom stereocenters. The van der Waals surface area contributed by atoms with E-state index in [4.69, 9.17) is 5.10 Å². The van der Waals surface area contributed by atoms with Gasteiger partial charge in [0.15, 0.2) is 0 Å². The van der Waals surface area contributed by atoms with Crippen LogP contribution in [0.4, 0.5) is 24.5 Å². The van der Waals surface area contributed by atoms with Crippen LogP contribution >= 0.6 is 0 Å². The van der Waals surface area contributed by atoms with E-state index in [2.05, 4.69) is 45.3 Å². The molecule has 2 aromatic carbocycles. The Morgan fingerprint density at radius 3 is 2.34 bits per heavy atom. The molecule has 0 radical (unpaired) electrons. The third kappa shape index (κ3) is 7.74. The number of aryl methyl sites for hydroxylation is 2. The van der Waals surface area contributed by atoms with Crippen LogP contribution in [-0.2, 0) is 22.8 Å². The zero-order chi connectivity index (χ0) is 41.7. The molecule has 3 aliphatic rings. The lowest BCUT2D eigenvalue weighted by Gasteiger charge is -2.49. The Bertz CT molecular complexity index is 2470. The molecule has 3 amide bonds. The van der Waals surface area contributed by atoms with Gasteiger partial charge in [-0.05, 0) is 99.7 Å². The number of alkyl halides is 3. The number of piperazine rings is 1. The largest absolute Gasteiger partial charge is 0.433 e. The number of hydrogen-bond donors (Lipinski definition) is 2. The van der Waals surface area contributed by atoms with Crippen molar-refractivity contribution in [2.24, 2.45) is 13.0 Å². The summed E-state index contributed by atoms with van der Waals surface area (Å²) in [5.74, 6) is -0.928. The second-order valence-electron chi connectivity index (χ2n) is 16.4. The van der Waals surface area contributed by atoms with Crippen molar-refractivity contribution in [1.82, 2.24) is 34.1 Å². The smallest absolute Gasteiger partial charge is 0.361 e. The van der Waals surface area contributed by atoms with Gasteiger partial charge in [0, 0.05) is 62.5 Å². The van der Waals surface area contributed by atoms with Gasteiger partial charge in [0.05, 0.1) is 28.3 Å². The highest BCUT2D eigenvalue weighted by molar-refractivity contribution is 6.04. The SMILES string of the molecule is CCC1CN(CC2CCC(n3cc4cc(NC(=O)c5cccc(C(F)(F)F)n5)c(C)cc4n3)CC2)CC(CC)N1c1cccc2c1n(C)c(=O)n2C1CCC(=O)NC1=O. The van der Waals surface area contributed by atoms with Crippen molar-refractivity contribution >= 4 is 51.0 Å². The van der Waals surface area contributed by atoms with Crippen LogP contribution in [-0.4, -0.2) is 78.2 Å². The number of anilines is 2. The lowest BCUT2D eigenvalue weighted by Crippen LogP contribution is -2.59. The third-order valence-corrected chi connectivity index (χ3v) is 12.6. The molecule has 59 heavy (non-hydrogen) atoms. The molecule has 8 rings (SSSR count). The lowest BCUT2D eigenvalue weighted by molar-refractivity contribution is -0.141. The first kappa shape index (κ1) is 40.3. The molecule has 3 fully saturated rings. The third-order valence-electron chi connectivity index (χ3n) is 12.6. The van der Waals surface area contributed by atoms with Crippen molar-refractivity contribution in [3.63, 3.8) is 0 Å². The van der Waals surface area contributed by atoms with Crippen LogP contribution in [0.5, 0.6) is 0 Å². The lowest BCUT2D eigenvalue weighted by atomic mass is 9.85. The fraction of sp³-hybridized carbons (Fsp3) is 0.488. The number of fused-ring (bicyclic) bond motifs is 2. The second-order valence-corrected chi connectivity index (χ2v) is 16.4. The van der Waals surface area contributed by atoms with E-state index in [-0.39, 0.29) is 41.8 Å². The summed E-state index contributed by atoms with van der Waals surface area (Å²) in [5.41, 5.74) is 2.84. The Labute approximate surface area is 339 Å². The Morgan fingerprint density at radius 2 is 1.66 bits per heavy atom. The number of nitrogens with zero attached hydrogens (tertiary/aromatic N) is 7. The molecule has 0 spiro atoms. The molecule has 1 aliphatic carbocycles. The summed E-state index contributed by atoms with van der Waals surface area (Å²) >= 11 is 0. The molecule has 1 saturated carbocycles. The molecular formula is C43H50F3N9O4. The average Bonchev–Trinajstić information content (AvgIpc) is 3.74. The van der Waals surface area contributed by atoms with Crippen LogP contribution in [0.25, 0.3) is 21.9 Å². The van der Waals surface area contributed by atoms with Crippen molar-refractivity contribution in [3.05, 3.63) is 82.2 Å². The normalized spacial score (nSPS) is 23.2. The number of carbonyl (C=O) groups is 3. The van der Waals surface area contributed by atoms with E-state index in [9.17, 15) is 32.3 Å². The summed E-state index contributed by atoms with van der Waals surface area (Å²) in [7, 11) is 1.76. The van der Waals surface area contributed by atoms with Crippen LogP contribution in [0, 0.1) is 12.8 Å². The second kappa shape index (κ2) is 15.9. The van der Waals surface area contributed by atoms with Gasteiger partial charge in [-0.3, -0.25) is 38.4 Å². The highest BCUT2D eigenvalue weighted by atomic mass is 19.4. The summed E-state index contributed by atoms with van der Waals surface area (Å²) in [5, 5.41) is 10.9. The predicted molar refractivity (Wildman–Crippen MR) is 218 cm³/mol. The van der Waals surface area contributed by atoms with Crippen LogP contribution in [0.15, 0.2) is 59.5 Å². The van der Waals surface area contributed by atoms with Crippen molar-refractivity contribution in [3.8, 4) is 0 Å². The number of para-hydroxylation sites is 1. The summed E-state index contributed by atoms with van der Waals surface area (Å²) < 4.78 is 44.8. The number of carbonyl (C=O) groups excluding carboxylic acids is 3. The number of piperidine rings is 1. The fourth-order valence-electron chi connectivity index (χ4n) is 9.57. The number of benzene rings is 2. The number of amides is 3. The van der Waals surface area contributed by atoms with E-state index in [1.165, 1.54) is 12.1 Å². The van der Waals surface area contributed by atoms with Crippen molar-refractivity contribution in [2.45, 2.75) is 102 Å². The predicted octanol–water partition coefficient (Wildman–Crippen LogP) is 6.75. The number of imidazole rings is 1. The van der Waals surface area contributed by atoms with E-state index < -0.39 is 29.7 Å². The molecule has 3 aromatic heterocycles. The van der Waals surface area contributed by atoms with Gasteiger partial charge in [-0.2, -0.15) is 18.3 Å². The monoisotopic (exact) mass is 813 g/mol. The number of halogens is 3. The first-order valence-corrected chi connectivity index (χ1v) is 20.6. The number of rotatable bonds is 9. The summed E-state index contributed by atoms with van der Waals surface area (Å²) in [4.78, 5) is 60.0. The average molecular weight is 814 g/mol. The van der Waals surface area contributed by atoms with Crippen molar-refractivity contribution < 1.29 is 27.6 Å². The summed E-state index contributed by atoms with van der Waals surface area (Å²) in [6.45, 7) is 9.06. The number of nitrogens with one attached hydrogen (secondary N) is 2. The quantitative estimate of drug-likeness (QED) is 0.156. The molecule has 5 heterocycles. The summed E-state index contributed by atoms with van der Waals surface area (Å²) in [6.07, 6.45) is 3.78. The van der Waals surface area contributed by atoms with Gasteiger partial charge < -0.3 is 10.2 Å². The van der Waals surface area contributed by atoms with Gasteiger partial charge in [-0.25, -0.2) is 9.78 Å². The van der Waals surface area contributed by atoms with Gasteiger partial charge in [0.25, 0.3) is 5.91 Å². The molecule has 312 valence electrons. The molecule has 13 nitrogen and oxygen atoms in total. The molecule has 2 aliphatic heterocycles. The van der Waals surface area contributed by atoms with E-state index >= 15 is 0 Å². The number of aromatic nitrogens is 5. The first-order valence-electron chi connectivity index (χ1n) is 20.6. The number of pyridine rings is 1. The molecule has 0 bridgehead atoms. The Morgan fingerprint density at radius 1 is 0.949 bits per heavy atom. The molecule has 5 aromatic rings. The summed E-state index contributed by atoms with van der Waals surface area (Å²) in [6, 6.07) is 12.9. The van der Waals surface area contributed by atoms with E-state index in [1.807, 2.05) is 42.1 Å². The molecule has 2 N–H and O–H groups in total. The Balaban J connectivity index is 0.926. The number of imide groups is 1. The molecule has 3 unspecified atom stereocenters. The zero-order valence-corrected chi connectivity index (χ0v) is 33.8. The minimum atomic E-state index is -4.65. The Hall–Kier alpha value is -5.51. The zero-order valence-electron chi connectivity index (χ0n) is 33.8. The number of hydrogen-bond acceptors (Lipinski definition) is 8. The van der Waals surface area contributed by atoms with Crippen molar-refractivity contribution in [1.29, 1.82) is 0 Å². The van der Waals surface area contributed by atoms with Gasteiger partial charge in [0.1, 0.15) is 17.4 Å². The maximum atomic E-state index is 13.7. The van der Waals surface area contributed by atoms with Crippen LogP contribution < -0.4 is 21.2 Å². The van der Waals surface area contributed by atoms with Crippen molar-refractivity contribution in [2.75, 3.05) is 29.9 Å². The van der Waals surface area contributed by atoms with E-state index in [0.717, 1.165) is 91.9 Å². The van der Waals surface area contributed by atoms with Gasteiger partial charge in [-0.15, -0.1) is 0 Å². The van der Waals surface area contributed by atoms with E-state index in [0.29, 0.717) is 23.5 Å². The standard InChI is InChI=1S/C43H50F3N9O4/c1-5-28-23-52(24-29(6-2)54(28)34-10-8-11-35-39(34)51(4)42(59)55(35)36-17-18-38(56)49-41(36)58)21-26-13-15-30(16-14-26)53-22-27-20-32(25(3)19-33(27)50-53)48-40(57)31-9-7-12-37(47-31)43(44,45)46/h7-12,19-20,22,26,28-30,36H,5-6,13-18,21,23-24H2,1-4H3,(H,48,57)(H,49,56,58). The van der Waals surface area contributed by atoms with E-state index in [1.54, 1.807) is 16.2 Å². The Kier molecular flexibility index (Phi) is 10.9. The minimum absolute atomic E-state index is 0.194. The van der Waals surface area contributed by atoms with Crippen LogP contribution in [0.1, 0.15) is 99.0 Å². The topological polar surface area (TPSA) is 139 Å². The highest BCUT2D eigenvalue weighted by Gasteiger charge is 2.38. The maximum Gasteiger partial charge on any atom is 0.433 e. The minimum Gasteiger partial charge on any atom is -0.361 e. The van der Waals surface area contributed by atoms with Gasteiger partial charge >= 0.3 is 11.9 Å². The first-order chi connectivity index (χ1) is 28.2. The molecule has 16 heteroatoms. The van der Waals surface area contributed by atoms with Crippen LogP contribution in [0.3, 0.4) is 0 Å². The molecular weight excluding hydrogens is 764 g/mol. The molecule has 2 saturated heterocycles. The highest BCUT2D eigenvalue weighted by Crippen LogP contribution is 2.38. The maximum absolute atomic E-state index is 13.7. The van der Waals surface area contributed by atoms with Gasteiger partial charge in [-0.1, -0.05) is 26.0 Å². The van der Waals surface area contributed by atoms with Crippen LogP contribution in [0.2, 0.25) is 0 Å². The van der Waals surface area contributed by atoms with Gasteiger partial charge in [0.2, 0.25) is 11.8 Å². The fourth-order valence-corrected chi connectivity index (χ4v) is 9.57.